The van der Waals surface area contributed by atoms with E-state index in [1.807, 2.05) is 0 Å². The monoisotopic (exact) mass is 169 g/mol. The van der Waals surface area contributed by atoms with E-state index in [0.29, 0.717) is 12.1 Å². The lowest BCUT2D eigenvalue weighted by molar-refractivity contribution is -0.0344. The molecule has 3 unspecified atom stereocenters. The molecule has 0 amide bonds. The maximum absolute atomic E-state index is 5.71. The molecule has 1 N–H and O–H groups in total. The Hall–Kier alpha value is -0.0800. The van der Waals surface area contributed by atoms with Crippen molar-refractivity contribution >= 4 is 0 Å². The molecule has 0 bridgehead atoms. The fourth-order valence-corrected chi connectivity index (χ4v) is 2.47. The Kier molecular flexibility index (Phi) is 2.66. The van der Waals surface area contributed by atoms with Crippen molar-refractivity contribution in [1.29, 1.82) is 0 Å². The summed E-state index contributed by atoms with van der Waals surface area (Å²) in [6.07, 6.45) is 5.85. The van der Waals surface area contributed by atoms with Gasteiger partial charge in [0.15, 0.2) is 0 Å². The number of hydrogen-bond acceptors (Lipinski definition) is 2. The van der Waals surface area contributed by atoms with E-state index >= 15 is 0 Å². The first-order valence-corrected chi connectivity index (χ1v) is 5.25. The van der Waals surface area contributed by atoms with Gasteiger partial charge < -0.3 is 10.1 Å². The molecule has 2 fully saturated rings. The van der Waals surface area contributed by atoms with Crippen molar-refractivity contribution in [2.45, 2.75) is 44.8 Å². The van der Waals surface area contributed by atoms with Gasteiger partial charge in [0.2, 0.25) is 0 Å². The summed E-state index contributed by atoms with van der Waals surface area (Å²) in [6, 6.07) is 0.664. The van der Waals surface area contributed by atoms with Gasteiger partial charge in [0.1, 0.15) is 0 Å². The van der Waals surface area contributed by atoms with E-state index in [4.69, 9.17) is 4.74 Å². The molecule has 0 spiro atoms. The summed E-state index contributed by atoms with van der Waals surface area (Å²) in [7, 11) is 0. The van der Waals surface area contributed by atoms with Crippen LogP contribution in [0.3, 0.4) is 0 Å². The highest BCUT2D eigenvalue weighted by Gasteiger charge is 2.31. The maximum Gasteiger partial charge on any atom is 0.0728 e. The average Bonchev–Trinajstić information content (AvgIpc) is 2.17. The fraction of sp³-hybridized carbons (Fsp3) is 1.00. The summed E-state index contributed by atoms with van der Waals surface area (Å²) in [5.41, 5.74) is 0. The Balaban J connectivity index is 1.90. The van der Waals surface area contributed by atoms with Crippen LogP contribution in [-0.2, 0) is 4.74 Å². The number of ether oxygens (including phenoxy) is 1. The summed E-state index contributed by atoms with van der Waals surface area (Å²) >= 11 is 0. The molecule has 1 heterocycles. The van der Waals surface area contributed by atoms with Gasteiger partial charge in [-0.05, 0) is 25.2 Å². The van der Waals surface area contributed by atoms with E-state index in [1.165, 1.54) is 25.7 Å². The van der Waals surface area contributed by atoms with Gasteiger partial charge in [0, 0.05) is 12.6 Å². The molecule has 12 heavy (non-hydrogen) atoms. The van der Waals surface area contributed by atoms with E-state index in [-0.39, 0.29) is 0 Å². The van der Waals surface area contributed by atoms with E-state index < -0.39 is 0 Å². The molecule has 0 aromatic carbocycles. The minimum absolute atomic E-state index is 0.529. The van der Waals surface area contributed by atoms with Crippen LogP contribution >= 0.6 is 0 Å². The number of hydrogen-bond donors (Lipinski definition) is 1. The standard InChI is InChI=1S/C10H19NO/c1-2-8-3-4-10-9(7-8)11-5-6-12-10/h8-11H,2-7H2,1H3. The Morgan fingerprint density at radius 1 is 1.42 bits per heavy atom. The van der Waals surface area contributed by atoms with Crippen molar-refractivity contribution in [3.8, 4) is 0 Å². The predicted octanol–water partition coefficient (Wildman–Crippen LogP) is 1.55. The third-order valence-electron chi connectivity index (χ3n) is 3.31. The zero-order valence-electron chi connectivity index (χ0n) is 7.88. The van der Waals surface area contributed by atoms with E-state index in [1.54, 1.807) is 0 Å². The summed E-state index contributed by atoms with van der Waals surface area (Å²) in [5, 5.41) is 3.56. The van der Waals surface area contributed by atoms with Crippen molar-refractivity contribution in [2.24, 2.45) is 5.92 Å². The quantitative estimate of drug-likeness (QED) is 0.643. The molecule has 0 aromatic heterocycles. The predicted molar refractivity (Wildman–Crippen MR) is 49.2 cm³/mol. The highest BCUT2D eigenvalue weighted by molar-refractivity contribution is 4.87. The fourth-order valence-electron chi connectivity index (χ4n) is 2.47. The second-order valence-electron chi connectivity index (χ2n) is 4.06. The van der Waals surface area contributed by atoms with E-state index in [2.05, 4.69) is 12.2 Å². The summed E-state index contributed by atoms with van der Waals surface area (Å²) in [4.78, 5) is 0. The lowest BCUT2D eigenvalue weighted by Gasteiger charge is -2.39. The molecule has 2 rings (SSSR count). The zero-order chi connectivity index (χ0) is 8.39. The Bertz CT molecular complexity index is 149. The van der Waals surface area contributed by atoms with Crippen molar-refractivity contribution < 1.29 is 4.74 Å². The smallest absolute Gasteiger partial charge is 0.0728 e. The molecule has 0 aromatic rings. The molecule has 1 aliphatic heterocycles. The summed E-state index contributed by atoms with van der Waals surface area (Å²) in [5.74, 6) is 0.945. The van der Waals surface area contributed by atoms with Crippen LogP contribution in [0.5, 0.6) is 0 Å². The van der Waals surface area contributed by atoms with E-state index in [0.717, 1.165) is 19.1 Å². The number of morpholine rings is 1. The molecule has 1 aliphatic carbocycles. The minimum Gasteiger partial charge on any atom is -0.375 e. The van der Waals surface area contributed by atoms with Crippen LogP contribution in [0.4, 0.5) is 0 Å². The summed E-state index contributed by atoms with van der Waals surface area (Å²) < 4.78 is 5.71. The van der Waals surface area contributed by atoms with Gasteiger partial charge in [-0.1, -0.05) is 13.3 Å². The molecule has 2 aliphatic rings. The largest absolute Gasteiger partial charge is 0.375 e. The summed E-state index contributed by atoms with van der Waals surface area (Å²) in [6.45, 7) is 4.27. The van der Waals surface area contributed by atoms with Crippen molar-refractivity contribution in [3.05, 3.63) is 0 Å². The normalized spacial score (nSPS) is 42.2. The first-order chi connectivity index (χ1) is 5.90. The van der Waals surface area contributed by atoms with Gasteiger partial charge >= 0.3 is 0 Å². The van der Waals surface area contributed by atoms with Gasteiger partial charge in [0.05, 0.1) is 12.7 Å². The second kappa shape index (κ2) is 3.75. The average molecular weight is 169 g/mol. The maximum atomic E-state index is 5.71. The van der Waals surface area contributed by atoms with Crippen molar-refractivity contribution in [1.82, 2.24) is 5.32 Å². The number of rotatable bonds is 1. The van der Waals surface area contributed by atoms with Crippen LogP contribution in [0, 0.1) is 5.92 Å². The van der Waals surface area contributed by atoms with Gasteiger partial charge in [-0.2, -0.15) is 0 Å². The molecule has 1 saturated carbocycles. The molecule has 70 valence electrons. The van der Waals surface area contributed by atoms with Gasteiger partial charge in [-0.3, -0.25) is 0 Å². The van der Waals surface area contributed by atoms with Crippen molar-refractivity contribution in [3.63, 3.8) is 0 Å². The van der Waals surface area contributed by atoms with E-state index in [9.17, 15) is 0 Å². The molecule has 3 atom stereocenters. The van der Waals surface area contributed by atoms with Gasteiger partial charge in [0.25, 0.3) is 0 Å². The zero-order valence-corrected chi connectivity index (χ0v) is 7.88. The van der Waals surface area contributed by atoms with Crippen LogP contribution in [-0.4, -0.2) is 25.3 Å². The van der Waals surface area contributed by atoms with Crippen LogP contribution < -0.4 is 5.32 Å². The Labute approximate surface area is 74.7 Å². The minimum atomic E-state index is 0.529. The second-order valence-corrected chi connectivity index (χ2v) is 4.06. The Morgan fingerprint density at radius 3 is 3.17 bits per heavy atom. The SMILES string of the molecule is CCC1CCC2OCCNC2C1. The third-order valence-corrected chi connectivity index (χ3v) is 3.31. The molecular formula is C10H19NO. The molecule has 2 heteroatoms. The third kappa shape index (κ3) is 1.64. The first kappa shape index (κ1) is 8.52. The number of fused-ring (bicyclic) bond motifs is 1. The molecule has 1 saturated heterocycles. The van der Waals surface area contributed by atoms with Crippen molar-refractivity contribution in [2.75, 3.05) is 13.2 Å². The van der Waals surface area contributed by atoms with Crippen LogP contribution in [0.2, 0.25) is 0 Å². The highest BCUT2D eigenvalue weighted by atomic mass is 16.5. The van der Waals surface area contributed by atoms with Gasteiger partial charge in [-0.15, -0.1) is 0 Å². The molecule has 2 nitrogen and oxygen atoms in total. The molecular weight excluding hydrogens is 150 g/mol. The molecule has 0 radical (unpaired) electrons. The Morgan fingerprint density at radius 2 is 2.33 bits per heavy atom. The van der Waals surface area contributed by atoms with Crippen LogP contribution in [0.1, 0.15) is 32.6 Å². The first-order valence-electron chi connectivity index (χ1n) is 5.25. The highest BCUT2D eigenvalue weighted by Crippen LogP contribution is 2.29. The lowest BCUT2D eigenvalue weighted by atomic mass is 9.82. The van der Waals surface area contributed by atoms with Gasteiger partial charge in [-0.25, -0.2) is 0 Å². The van der Waals surface area contributed by atoms with Crippen LogP contribution in [0.25, 0.3) is 0 Å². The topological polar surface area (TPSA) is 21.3 Å². The number of nitrogens with one attached hydrogen (secondary N) is 1. The van der Waals surface area contributed by atoms with Crippen LogP contribution in [0.15, 0.2) is 0 Å². The lowest BCUT2D eigenvalue weighted by Crippen LogP contribution is -2.51.